The molecule has 0 bridgehead atoms. The summed E-state index contributed by atoms with van der Waals surface area (Å²) >= 11 is 0. The highest BCUT2D eigenvalue weighted by atomic mass is 14.9. The molecule has 3 aromatic rings. The Bertz CT molecular complexity index is 621. The Morgan fingerprint density at radius 3 is 2.37 bits per heavy atom. The van der Waals surface area contributed by atoms with Crippen LogP contribution in [0.2, 0.25) is 0 Å². The number of hydrogen-bond acceptors (Lipinski definition) is 3. The summed E-state index contributed by atoms with van der Waals surface area (Å²) in [6.45, 7) is 1.98. The van der Waals surface area contributed by atoms with Crippen molar-refractivity contribution in [1.82, 2.24) is 15.0 Å². The van der Waals surface area contributed by atoms with Crippen molar-refractivity contribution < 1.29 is 0 Å². The van der Waals surface area contributed by atoms with Crippen LogP contribution in [0.1, 0.15) is 5.69 Å². The van der Waals surface area contributed by atoms with Crippen molar-refractivity contribution in [3.8, 4) is 22.6 Å². The third kappa shape index (κ3) is 2.50. The van der Waals surface area contributed by atoms with Crippen LogP contribution in [-0.2, 0) is 0 Å². The van der Waals surface area contributed by atoms with E-state index in [9.17, 15) is 0 Å². The maximum atomic E-state index is 4.62. The standard InChI is InChI=1S/C16H13N3/c1-12-10-15(14-8-5-9-17-11-14)19-16(18-12)13-6-3-2-4-7-13/h2-11H,1H3. The average molecular weight is 247 g/mol. The largest absolute Gasteiger partial charge is 0.264 e. The molecule has 2 heterocycles. The van der Waals surface area contributed by atoms with Crippen LogP contribution in [0.3, 0.4) is 0 Å². The molecule has 1 aromatic carbocycles. The predicted octanol–water partition coefficient (Wildman–Crippen LogP) is 3.51. The molecular formula is C16H13N3. The summed E-state index contributed by atoms with van der Waals surface area (Å²) in [5.41, 5.74) is 3.88. The summed E-state index contributed by atoms with van der Waals surface area (Å²) in [7, 11) is 0. The van der Waals surface area contributed by atoms with Gasteiger partial charge < -0.3 is 0 Å². The van der Waals surface area contributed by atoms with Crippen LogP contribution in [0.5, 0.6) is 0 Å². The highest BCUT2D eigenvalue weighted by Crippen LogP contribution is 2.21. The van der Waals surface area contributed by atoms with Crippen molar-refractivity contribution in [2.75, 3.05) is 0 Å². The first-order valence-electron chi connectivity index (χ1n) is 6.14. The van der Waals surface area contributed by atoms with E-state index >= 15 is 0 Å². The summed E-state index contributed by atoms with van der Waals surface area (Å²) in [5, 5.41) is 0. The zero-order valence-electron chi connectivity index (χ0n) is 10.6. The molecule has 0 saturated heterocycles. The molecule has 0 radical (unpaired) electrons. The zero-order chi connectivity index (χ0) is 13.1. The second-order valence-corrected chi connectivity index (χ2v) is 4.33. The molecule has 0 saturated carbocycles. The molecule has 0 aliphatic carbocycles. The Morgan fingerprint density at radius 2 is 1.63 bits per heavy atom. The first-order valence-corrected chi connectivity index (χ1v) is 6.14. The van der Waals surface area contributed by atoms with Gasteiger partial charge in [-0.2, -0.15) is 0 Å². The number of hydrogen-bond donors (Lipinski definition) is 0. The van der Waals surface area contributed by atoms with Crippen LogP contribution in [0, 0.1) is 6.92 Å². The monoisotopic (exact) mass is 247 g/mol. The van der Waals surface area contributed by atoms with Crippen molar-refractivity contribution in [3.05, 3.63) is 66.6 Å². The third-order valence-corrected chi connectivity index (χ3v) is 2.84. The quantitative estimate of drug-likeness (QED) is 0.695. The number of benzene rings is 1. The van der Waals surface area contributed by atoms with Gasteiger partial charge in [-0.05, 0) is 25.1 Å². The molecule has 19 heavy (non-hydrogen) atoms. The van der Waals surface area contributed by atoms with Crippen molar-refractivity contribution >= 4 is 0 Å². The van der Waals surface area contributed by atoms with Crippen LogP contribution in [0.15, 0.2) is 60.9 Å². The summed E-state index contributed by atoms with van der Waals surface area (Å²) in [6.07, 6.45) is 3.58. The summed E-state index contributed by atoms with van der Waals surface area (Å²) in [5.74, 6) is 0.749. The fourth-order valence-electron chi connectivity index (χ4n) is 1.95. The van der Waals surface area contributed by atoms with Crippen LogP contribution in [0.25, 0.3) is 22.6 Å². The van der Waals surface area contributed by atoms with E-state index in [-0.39, 0.29) is 0 Å². The maximum absolute atomic E-state index is 4.62. The predicted molar refractivity (Wildman–Crippen MR) is 75.4 cm³/mol. The molecule has 92 valence electrons. The van der Waals surface area contributed by atoms with Gasteiger partial charge in [-0.25, -0.2) is 9.97 Å². The van der Waals surface area contributed by atoms with Gasteiger partial charge in [0.25, 0.3) is 0 Å². The Kier molecular flexibility index (Phi) is 3.02. The topological polar surface area (TPSA) is 38.7 Å². The molecule has 0 aliphatic rings. The summed E-state index contributed by atoms with van der Waals surface area (Å²) < 4.78 is 0. The van der Waals surface area contributed by atoms with E-state index in [0.29, 0.717) is 0 Å². The molecule has 0 fully saturated rings. The van der Waals surface area contributed by atoms with E-state index in [1.165, 1.54) is 0 Å². The van der Waals surface area contributed by atoms with Crippen LogP contribution in [0.4, 0.5) is 0 Å². The van der Waals surface area contributed by atoms with Gasteiger partial charge in [0.15, 0.2) is 5.82 Å². The molecule has 3 nitrogen and oxygen atoms in total. The highest BCUT2D eigenvalue weighted by molar-refractivity contribution is 5.63. The smallest absolute Gasteiger partial charge is 0.160 e. The summed E-state index contributed by atoms with van der Waals surface area (Å²) in [4.78, 5) is 13.3. The molecule has 0 amide bonds. The van der Waals surface area contributed by atoms with Gasteiger partial charge in [0.1, 0.15) is 0 Å². The molecule has 0 unspecified atom stereocenters. The molecule has 0 spiro atoms. The minimum atomic E-state index is 0.749. The Labute approximate surface area is 112 Å². The van der Waals surface area contributed by atoms with Gasteiger partial charge >= 0.3 is 0 Å². The van der Waals surface area contributed by atoms with Gasteiger partial charge in [-0.15, -0.1) is 0 Å². The Hall–Kier alpha value is -2.55. The van der Waals surface area contributed by atoms with Crippen molar-refractivity contribution in [2.45, 2.75) is 6.92 Å². The molecule has 0 N–H and O–H groups in total. The van der Waals surface area contributed by atoms with E-state index in [1.807, 2.05) is 61.7 Å². The second kappa shape index (κ2) is 4.98. The van der Waals surface area contributed by atoms with Crippen molar-refractivity contribution in [1.29, 1.82) is 0 Å². The van der Waals surface area contributed by atoms with E-state index in [1.54, 1.807) is 6.20 Å². The fourth-order valence-corrected chi connectivity index (χ4v) is 1.95. The average Bonchev–Trinajstić information content (AvgIpc) is 2.48. The van der Waals surface area contributed by atoms with Gasteiger partial charge in [-0.1, -0.05) is 30.3 Å². The Balaban J connectivity index is 2.12. The lowest BCUT2D eigenvalue weighted by molar-refractivity contribution is 1.11. The highest BCUT2D eigenvalue weighted by Gasteiger charge is 2.06. The summed E-state index contributed by atoms with van der Waals surface area (Å²) in [6, 6.07) is 15.9. The lowest BCUT2D eigenvalue weighted by atomic mass is 10.1. The zero-order valence-corrected chi connectivity index (χ0v) is 10.6. The van der Waals surface area contributed by atoms with Gasteiger partial charge in [0.2, 0.25) is 0 Å². The third-order valence-electron chi connectivity index (χ3n) is 2.84. The van der Waals surface area contributed by atoms with E-state index in [0.717, 1.165) is 28.3 Å². The van der Waals surface area contributed by atoms with Crippen LogP contribution in [-0.4, -0.2) is 15.0 Å². The first kappa shape index (κ1) is 11.5. The molecular weight excluding hydrogens is 234 g/mol. The number of rotatable bonds is 2. The number of nitrogens with zero attached hydrogens (tertiary/aromatic N) is 3. The second-order valence-electron chi connectivity index (χ2n) is 4.33. The van der Waals surface area contributed by atoms with Crippen molar-refractivity contribution in [3.63, 3.8) is 0 Å². The number of aromatic nitrogens is 3. The normalized spacial score (nSPS) is 10.4. The minimum Gasteiger partial charge on any atom is -0.264 e. The minimum absolute atomic E-state index is 0.749. The lowest BCUT2D eigenvalue weighted by Crippen LogP contribution is -1.95. The van der Waals surface area contributed by atoms with E-state index in [4.69, 9.17) is 0 Å². The first-order chi connectivity index (χ1) is 9.33. The van der Waals surface area contributed by atoms with Crippen LogP contribution >= 0.6 is 0 Å². The molecule has 3 rings (SSSR count). The van der Waals surface area contributed by atoms with Gasteiger partial charge in [0, 0.05) is 29.2 Å². The van der Waals surface area contributed by atoms with Gasteiger partial charge in [-0.3, -0.25) is 4.98 Å². The molecule has 0 atom stereocenters. The van der Waals surface area contributed by atoms with Crippen molar-refractivity contribution in [2.24, 2.45) is 0 Å². The van der Waals surface area contributed by atoms with Crippen LogP contribution < -0.4 is 0 Å². The molecule has 3 heteroatoms. The number of aryl methyl sites for hydroxylation is 1. The number of pyridine rings is 1. The van der Waals surface area contributed by atoms with E-state index in [2.05, 4.69) is 15.0 Å². The van der Waals surface area contributed by atoms with Gasteiger partial charge in [0.05, 0.1) is 5.69 Å². The fraction of sp³-hybridized carbons (Fsp3) is 0.0625. The maximum Gasteiger partial charge on any atom is 0.160 e. The molecule has 2 aromatic heterocycles. The molecule has 0 aliphatic heterocycles. The SMILES string of the molecule is Cc1cc(-c2cccnc2)nc(-c2ccccc2)n1. The van der Waals surface area contributed by atoms with E-state index < -0.39 is 0 Å². The Morgan fingerprint density at radius 1 is 0.842 bits per heavy atom. The lowest BCUT2D eigenvalue weighted by Gasteiger charge is -2.06.